The number of ketones is 1. The average molecular weight is 244 g/mol. The fraction of sp³-hybridized carbons (Fsp3) is 0.429. The Morgan fingerprint density at radius 1 is 1.44 bits per heavy atom. The van der Waals surface area contributed by atoms with Crippen LogP contribution in [0.1, 0.15) is 40.4 Å². The molecule has 1 aliphatic carbocycles. The minimum absolute atomic E-state index is 0.164. The van der Waals surface area contributed by atoms with Crippen LogP contribution < -0.4 is 5.73 Å². The summed E-state index contributed by atoms with van der Waals surface area (Å²) < 4.78 is 0. The number of carbonyl (C=O) groups excluding carboxylic acids is 2. The number of primary amides is 1. The van der Waals surface area contributed by atoms with Crippen molar-refractivity contribution >= 4 is 11.7 Å². The molecule has 2 aliphatic rings. The fourth-order valence-corrected chi connectivity index (χ4v) is 3.11. The third-order valence-corrected chi connectivity index (χ3v) is 3.96. The molecule has 0 radical (unpaired) electrons. The molecule has 1 aromatic rings. The van der Waals surface area contributed by atoms with Crippen LogP contribution in [-0.4, -0.2) is 29.7 Å². The molecular formula is C14H16N2O2. The maximum Gasteiger partial charge on any atom is 0.218 e. The zero-order valence-electron chi connectivity index (χ0n) is 10.2. The second kappa shape index (κ2) is 4.21. The minimum Gasteiger partial charge on any atom is -0.370 e. The monoisotopic (exact) mass is 244 g/mol. The van der Waals surface area contributed by atoms with Gasteiger partial charge in [-0.3, -0.25) is 14.5 Å². The van der Waals surface area contributed by atoms with Gasteiger partial charge in [-0.2, -0.15) is 0 Å². The van der Waals surface area contributed by atoms with E-state index in [1.54, 1.807) is 0 Å². The van der Waals surface area contributed by atoms with E-state index in [9.17, 15) is 9.59 Å². The van der Waals surface area contributed by atoms with Gasteiger partial charge >= 0.3 is 0 Å². The normalized spacial score (nSPS) is 22.0. The first-order valence-corrected chi connectivity index (χ1v) is 6.34. The van der Waals surface area contributed by atoms with Crippen molar-refractivity contribution in [2.75, 3.05) is 13.1 Å². The molecule has 1 unspecified atom stereocenters. The summed E-state index contributed by atoms with van der Waals surface area (Å²) in [7, 11) is 0. The van der Waals surface area contributed by atoms with E-state index in [1.165, 1.54) is 11.1 Å². The molecule has 0 saturated heterocycles. The summed E-state index contributed by atoms with van der Waals surface area (Å²) in [5.41, 5.74) is 8.56. The van der Waals surface area contributed by atoms with Crippen molar-refractivity contribution in [2.24, 2.45) is 5.73 Å². The van der Waals surface area contributed by atoms with Crippen LogP contribution in [0, 0.1) is 0 Å². The van der Waals surface area contributed by atoms with Crippen molar-refractivity contribution in [2.45, 2.75) is 25.3 Å². The topological polar surface area (TPSA) is 63.4 Å². The molecule has 18 heavy (non-hydrogen) atoms. The lowest BCUT2D eigenvalue weighted by Gasteiger charge is -2.34. The Labute approximate surface area is 106 Å². The lowest BCUT2D eigenvalue weighted by Crippen LogP contribution is -2.36. The fourth-order valence-electron chi connectivity index (χ4n) is 3.11. The van der Waals surface area contributed by atoms with E-state index < -0.39 is 0 Å². The Kier molecular flexibility index (Phi) is 2.67. The molecule has 0 fully saturated rings. The number of rotatable bonds is 3. The van der Waals surface area contributed by atoms with Crippen LogP contribution in [0.3, 0.4) is 0 Å². The molecule has 0 bridgehead atoms. The predicted molar refractivity (Wildman–Crippen MR) is 67.2 cm³/mol. The Balaban J connectivity index is 1.90. The van der Waals surface area contributed by atoms with Crippen molar-refractivity contribution in [3.63, 3.8) is 0 Å². The second-order valence-electron chi connectivity index (χ2n) is 5.02. The van der Waals surface area contributed by atoms with E-state index in [1.807, 2.05) is 12.1 Å². The van der Waals surface area contributed by atoms with Crippen LogP contribution in [0.25, 0.3) is 0 Å². The van der Waals surface area contributed by atoms with Gasteiger partial charge in [-0.15, -0.1) is 0 Å². The summed E-state index contributed by atoms with van der Waals surface area (Å²) in [5, 5.41) is 0. The number of nitrogens with two attached hydrogens (primary N) is 1. The van der Waals surface area contributed by atoms with Crippen molar-refractivity contribution in [1.82, 2.24) is 4.90 Å². The average Bonchev–Trinajstić information content (AvgIpc) is 2.68. The SMILES string of the molecule is NC(=O)CCN1CCc2cccc3c2C1CC3=O. The zero-order valence-corrected chi connectivity index (χ0v) is 10.2. The number of hydrogen-bond donors (Lipinski definition) is 1. The van der Waals surface area contributed by atoms with Gasteiger partial charge in [0.1, 0.15) is 0 Å². The van der Waals surface area contributed by atoms with Gasteiger partial charge in [0.2, 0.25) is 5.91 Å². The van der Waals surface area contributed by atoms with E-state index in [0.29, 0.717) is 19.4 Å². The number of nitrogens with zero attached hydrogens (tertiary/aromatic N) is 1. The third-order valence-electron chi connectivity index (χ3n) is 3.96. The number of carbonyl (C=O) groups is 2. The molecule has 1 atom stereocenters. The van der Waals surface area contributed by atoms with Crippen molar-refractivity contribution in [3.05, 3.63) is 34.9 Å². The number of hydrogen-bond acceptors (Lipinski definition) is 3. The van der Waals surface area contributed by atoms with Gasteiger partial charge < -0.3 is 5.73 Å². The second-order valence-corrected chi connectivity index (χ2v) is 5.02. The lowest BCUT2D eigenvalue weighted by atomic mass is 9.93. The van der Waals surface area contributed by atoms with E-state index in [4.69, 9.17) is 5.73 Å². The molecule has 1 aromatic carbocycles. The molecule has 1 amide bonds. The molecule has 1 heterocycles. The van der Waals surface area contributed by atoms with Gasteiger partial charge in [-0.25, -0.2) is 0 Å². The predicted octanol–water partition coefficient (Wildman–Crippen LogP) is 1.05. The van der Waals surface area contributed by atoms with Crippen LogP contribution in [-0.2, 0) is 11.2 Å². The Hall–Kier alpha value is -1.68. The van der Waals surface area contributed by atoms with Gasteiger partial charge in [0.15, 0.2) is 5.78 Å². The van der Waals surface area contributed by atoms with E-state index >= 15 is 0 Å². The van der Waals surface area contributed by atoms with E-state index in [2.05, 4.69) is 11.0 Å². The molecule has 0 spiro atoms. The molecule has 94 valence electrons. The van der Waals surface area contributed by atoms with E-state index in [0.717, 1.165) is 18.5 Å². The van der Waals surface area contributed by atoms with Gasteiger partial charge in [0.25, 0.3) is 0 Å². The molecule has 4 nitrogen and oxygen atoms in total. The summed E-state index contributed by atoms with van der Waals surface area (Å²) >= 11 is 0. The van der Waals surface area contributed by atoms with Crippen LogP contribution in [0.5, 0.6) is 0 Å². The summed E-state index contributed by atoms with van der Waals surface area (Å²) in [5.74, 6) is -0.0544. The number of amides is 1. The largest absolute Gasteiger partial charge is 0.370 e. The highest BCUT2D eigenvalue weighted by atomic mass is 16.1. The Morgan fingerprint density at radius 3 is 3.06 bits per heavy atom. The first-order valence-electron chi connectivity index (χ1n) is 6.34. The smallest absolute Gasteiger partial charge is 0.218 e. The molecule has 2 N–H and O–H groups in total. The molecular weight excluding hydrogens is 228 g/mol. The number of Topliss-reactive ketones (excluding diaryl/α,β-unsaturated/α-hetero) is 1. The molecule has 1 aliphatic heterocycles. The van der Waals surface area contributed by atoms with Crippen molar-refractivity contribution in [3.8, 4) is 0 Å². The highest BCUT2D eigenvalue weighted by Gasteiger charge is 2.37. The highest BCUT2D eigenvalue weighted by molar-refractivity contribution is 6.01. The lowest BCUT2D eigenvalue weighted by molar-refractivity contribution is -0.118. The van der Waals surface area contributed by atoms with Gasteiger partial charge in [0.05, 0.1) is 0 Å². The van der Waals surface area contributed by atoms with Crippen molar-refractivity contribution < 1.29 is 9.59 Å². The molecule has 0 saturated carbocycles. The maximum absolute atomic E-state index is 12.0. The zero-order chi connectivity index (χ0) is 12.7. The first-order chi connectivity index (χ1) is 8.66. The highest BCUT2D eigenvalue weighted by Crippen LogP contribution is 2.40. The summed E-state index contributed by atoms with van der Waals surface area (Å²) in [4.78, 5) is 25.1. The maximum atomic E-state index is 12.0. The van der Waals surface area contributed by atoms with Crippen LogP contribution >= 0.6 is 0 Å². The van der Waals surface area contributed by atoms with E-state index in [-0.39, 0.29) is 17.7 Å². The first kappa shape index (κ1) is 11.4. The summed E-state index contributed by atoms with van der Waals surface area (Å²) in [6, 6.07) is 6.15. The third kappa shape index (κ3) is 1.73. The van der Waals surface area contributed by atoms with Crippen LogP contribution in [0.2, 0.25) is 0 Å². The summed E-state index contributed by atoms with van der Waals surface area (Å²) in [6.45, 7) is 1.56. The Morgan fingerprint density at radius 2 is 2.28 bits per heavy atom. The van der Waals surface area contributed by atoms with Crippen molar-refractivity contribution in [1.29, 1.82) is 0 Å². The van der Waals surface area contributed by atoms with Gasteiger partial charge in [-0.1, -0.05) is 18.2 Å². The standard InChI is InChI=1S/C14H16N2O2/c15-13(18)5-7-16-6-4-9-2-1-3-10-12(17)8-11(16)14(9)10/h1-3,11H,4-8H2,(H2,15,18). The minimum atomic E-state index is -0.279. The van der Waals surface area contributed by atoms with Gasteiger partial charge in [-0.05, 0) is 17.5 Å². The van der Waals surface area contributed by atoms with Crippen LogP contribution in [0.4, 0.5) is 0 Å². The summed E-state index contributed by atoms with van der Waals surface area (Å²) in [6.07, 6.45) is 1.86. The Bertz CT molecular complexity index is 525. The molecule has 0 aromatic heterocycles. The number of benzene rings is 1. The molecule has 3 rings (SSSR count). The van der Waals surface area contributed by atoms with Gasteiger partial charge in [0, 0.05) is 37.5 Å². The quantitative estimate of drug-likeness (QED) is 0.864. The van der Waals surface area contributed by atoms with Crippen LogP contribution in [0.15, 0.2) is 18.2 Å². The molecule has 4 heteroatoms.